The van der Waals surface area contributed by atoms with Gasteiger partial charge in [-0.2, -0.15) is 5.10 Å². The summed E-state index contributed by atoms with van der Waals surface area (Å²) in [5.74, 6) is 0. The van der Waals surface area contributed by atoms with E-state index in [-0.39, 0.29) is 5.54 Å². The topological polar surface area (TPSA) is 27.1 Å². The average molecular weight is 244 g/mol. The van der Waals surface area contributed by atoms with Crippen molar-refractivity contribution in [2.75, 3.05) is 7.11 Å². The number of hydrogen-bond acceptors (Lipinski definition) is 2. The molecule has 0 aliphatic rings. The largest absolute Gasteiger partial charge is 0.380 e. The molecule has 1 heterocycles. The van der Waals surface area contributed by atoms with Gasteiger partial charge in [-0.3, -0.25) is 4.68 Å². The highest BCUT2D eigenvalue weighted by Crippen LogP contribution is 2.21. The van der Waals surface area contributed by atoms with E-state index in [0.29, 0.717) is 6.61 Å². The van der Waals surface area contributed by atoms with Crippen LogP contribution in [-0.2, 0) is 16.9 Å². The molecule has 96 valence electrons. The number of ether oxygens (including phenoxy) is 1. The van der Waals surface area contributed by atoms with E-state index < -0.39 is 0 Å². The summed E-state index contributed by atoms with van der Waals surface area (Å²) in [6, 6.07) is 10.4. The van der Waals surface area contributed by atoms with Gasteiger partial charge in [-0.15, -0.1) is 0 Å². The number of methoxy groups -OCH3 is 1. The summed E-state index contributed by atoms with van der Waals surface area (Å²) in [6.45, 7) is 7.06. The van der Waals surface area contributed by atoms with Crippen LogP contribution in [0.2, 0.25) is 0 Å². The molecule has 0 spiro atoms. The second kappa shape index (κ2) is 4.94. The minimum Gasteiger partial charge on any atom is -0.380 e. The molecule has 2 rings (SSSR count). The molecule has 3 heteroatoms. The monoisotopic (exact) mass is 244 g/mol. The van der Waals surface area contributed by atoms with Crippen LogP contribution in [0.25, 0.3) is 11.3 Å². The van der Waals surface area contributed by atoms with E-state index >= 15 is 0 Å². The van der Waals surface area contributed by atoms with Crippen molar-refractivity contribution in [3.05, 3.63) is 42.1 Å². The predicted octanol–water partition coefficient (Wildman–Crippen LogP) is 3.45. The van der Waals surface area contributed by atoms with E-state index in [1.807, 2.05) is 16.9 Å². The van der Waals surface area contributed by atoms with Gasteiger partial charge in [-0.1, -0.05) is 18.2 Å². The molecule has 0 aliphatic carbocycles. The van der Waals surface area contributed by atoms with E-state index in [1.165, 1.54) is 5.56 Å². The van der Waals surface area contributed by atoms with Crippen LogP contribution in [0.5, 0.6) is 0 Å². The predicted molar refractivity (Wildman–Crippen MR) is 73.4 cm³/mol. The molecule has 18 heavy (non-hydrogen) atoms. The average Bonchev–Trinajstić information content (AvgIpc) is 2.78. The SMILES string of the molecule is COCc1cccc(-c2ccn(C(C)(C)C)n2)c1. The molecule has 1 aromatic carbocycles. The van der Waals surface area contributed by atoms with Crippen LogP contribution in [0.15, 0.2) is 36.5 Å². The van der Waals surface area contributed by atoms with Gasteiger partial charge in [0.15, 0.2) is 0 Å². The normalized spacial score (nSPS) is 11.8. The van der Waals surface area contributed by atoms with Crippen molar-refractivity contribution >= 4 is 0 Å². The smallest absolute Gasteiger partial charge is 0.0923 e. The molecule has 0 bridgehead atoms. The lowest BCUT2D eigenvalue weighted by molar-refractivity contribution is 0.185. The standard InChI is InChI=1S/C15H20N2O/c1-15(2,3)17-9-8-14(16-17)13-7-5-6-12(10-13)11-18-4/h5-10H,11H2,1-4H3. The molecule has 0 fully saturated rings. The fraction of sp³-hybridized carbons (Fsp3) is 0.400. The lowest BCUT2D eigenvalue weighted by Gasteiger charge is -2.18. The summed E-state index contributed by atoms with van der Waals surface area (Å²) >= 11 is 0. The Morgan fingerprint density at radius 3 is 2.61 bits per heavy atom. The molecular formula is C15H20N2O. The zero-order valence-corrected chi connectivity index (χ0v) is 11.5. The minimum absolute atomic E-state index is 0.0163. The lowest BCUT2D eigenvalue weighted by Crippen LogP contribution is -2.22. The number of rotatable bonds is 3. The van der Waals surface area contributed by atoms with Gasteiger partial charge in [0.1, 0.15) is 0 Å². The van der Waals surface area contributed by atoms with Gasteiger partial charge >= 0.3 is 0 Å². The van der Waals surface area contributed by atoms with E-state index in [9.17, 15) is 0 Å². The third-order valence-corrected chi connectivity index (χ3v) is 2.81. The molecule has 0 aliphatic heterocycles. The Morgan fingerprint density at radius 1 is 1.22 bits per heavy atom. The second-order valence-electron chi connectivity index (χ2n) is 5.45. The summed E-state index contributed by atoms with van der Waals surface area (Å²) in [4.78, 5) is 0. The lowest BCUT2D eigenvalue weighted by atomic mass is 10.1. The van der Waals surface area contributed by atoms with E-state index in [4.69, 9.17) is 4.74 Å². The maximum Gasteiger partial charge on any atom is 0.0923 e. The molecule has 0 unspecified atom stereocenters. The highest BCUT2D eigenvalue weighted by molar-refractivity contribution is 5.59. The molecule has 0 saturated heterocycles. The maximum absolute atomic E-state index is 5.15. The van der Waals surface area contributed by atoms with E-state index in [2.05, 4.69) is 50.1 Å². The van der Waals surface area contributed by atoms with Crippen molar-refractivity contribution in [3.63, 3.8) is 0 Å². The Hall–Kier alpha value is -1.61. The van der Waals surface area contributed by atoms with Crippen molar-refractivity contribution in [1.29, 1.82) is 0 Å². The van der Waals surface area contributed by atoms with Gasteiger partial charge in [0.2, 0.25) is 0 Å². The first-order valence-corrected chi connectivity index (χ1v) is 6.15. The quantitative estimate of drug-likeness (QED) is 0.827. The molecule has 0 atom stereocenters. The molecule has 3 nitrogen and oxygen atoms in total. The Bertz CT molecular complexity index is 523. The van der Waals surface area contributed by atoms with Crippen LogP contribution in [0.1, 0.15) is 26.3 Å². The van der Waals surface area contributed by atoms with Crippen molar-refractivity contribution in [1.82, 2.24) is 9.78 Å². The Morgan fingerprint density at radius 2 is 2.00 bits per heavy atom. The number of aromatic nitrogens is 2. The zero-order chi connectivity index (χ0) is 13.2. The molecule has 0 N–H and O–H groups in total. The summed E-state index contributed by atoms with van der Waals surface area (Å²) in [5, 5.41) is 4.63. The molecule has 1 aromatic heterocycles. The first kappa shape index (κ1) is 12.8. The van der Waals surface area contributed by atoms with Gasteiger partial charge in [0, 0.05) is 18.9 Å². The van der Waals surface area contributed by atoms with E-state index in [1.54, 1.807) is 7.11 Å². The number of benzene rings is 1. The van der Waals surface area contributed by atoms with Gasteiger partial charge in [0.05, 0.1) is 17.8 Å². The minimum atomic E-state index is 0.0163. The van der Waals surface area contributed by atoms with Crippen molar-refractivity contribution < 1.29 is 4.74 Å². The van der Waals surface area contributed by atoms with Crippen LogP contribution < -0.4 is 0 Å². The van der Waals surface area contributed by atoms with Gasteiger partial charge in [-0.05, 0) is 38.5 Å². The molecular weight excluding hydrogens is 224 g/mol. The van der Waals surface area contributed by atoms with Crippen molar-refractivity contribution in [2.45, 2.75) is 32.9 Å². The van der Waals surface area contributed by atoms with Crippen molar-refractivity contribution in [2.24, 2.45) is 0 Å². The van der Waals surface area contributed by atoms with Crippen LogP contribution in [0.3, 0.4) is 0 Å². The first-order chi connectivity index (χ1) is 8.50. The summed E-state index contributed by atoms with van der Waals surface area (Å²) in [7, 11) is 1.71. The molecule has 0 amide bonds. The molecule has 2 aromatic rings. The number of hydrogen-bond donors (Lipinski definition) is 0. The summed E-state index contributed by atoms with van der Waals surface area (Å²) < 4.78 is 7.14. The second-order valence-corrected chi connectivity index (χ2v) is 5.45. The maximum atomic E-state index is 5.15. The Labute approximate surface area is 108 Å². The Kier molecular flexibility index (Phi) is 3.53. The fourth-order valence-corrected chi connectivity index (χ4v) is 1.84. The summed E-state index contributed by atoms with van der Waals surface area (Å²) in [6.07, 6.45) is 2.03. The fourth-order valence-electron chi connectivity index (χ4n) is 1.84. The van der Waals surface area contributed by atoms with Crippen LogP contribution in [0.4, 0.5) is 0 Å². The third-order valence-electron chi connectivity index (χ3n) is 2.81. The number of nitrogens with zero attached hydrogens (tertiary/aromatic N) is 2. The Balaban J connectivity index is 2.31. The van der Waals surface area contributed by atoms with Gasteiger partial charge in [0.25, 0.3) is 0 Å². The van der Waals surface area contributed by atoms with Gasteiger partial charge < -0.3 is 4.74 Å². The highest BCUT2D eigenvalue weighted by Gasteiger charge is 2.14. The van der Waals surface area contributed by atoms with Crippen LogP contribution in [0, 0.1) is 0 Å². The molecule has 0 saturated carbocycles. The first-order valence-electron chi connectivity index (χ1n) is 6.15. The van der Waals surface area contributed by atoms with Crippen LogP contribution in [-0.4, -0.2) is 16.9 Å². The van der Waals surface area contributed by atoms with Crippen molar-refractivity contribution in [3.8, 4) is 11.3 Å². The zero-order valence-electron chi connectivity index (χ0n) is 11.5. The third kappa shape index (κ3) is 2.79. The summed E-state index contributed by atoms with van der Waals surface area (Å²) in [5.41, 5.74) is 3.32. The van der Waals surface area contributed by atoms with Crippen LogP contribution >= 0.6 is 0 Å². The highest BCUT2D eigenvalue weighted by atomic mass is 16.5. The van der Waals surface area contributed by atoms with E-state index in [0.717, 1.165) is 11.3 Å². The molecule has 0 radical (unpaired) electrons. The van der Waals surface area contributed by atoms with Gasteiger partial charge in [-0.25, -0.2) is 0 Å².